The van der Waals surface area contributed by atoms with E-state index in [1.807, 2.05) is 12.1 Å². The first-order valence-corrected chi connectivity index (χ1v) is 5.32. The van der Waals surface area contributed by atoms with E-state index in [9.17, 15) is 9.90 Å². The maximum absolute atomic E-state index is 11.0. The van der Waals surface area contributed by atoms with E-state index in [2.05, 4.69) is 5.32 Å². The first-order chi connectivity index (χ1) is 7.70. The van der Waals surface area contributed by atoms with Crippen LogP contribution in [0.3, 0.4) is 0 Å². The molecule has 4 heteroatoms. The zero-order valence-corrected chi connectivity index (χ0v) is 9.14. The molecule has 0 unspecified atom stereocenters. The summed E-state index contributed by atoms with van der Waals surface area (Å²) in [6.07, 6.45) is 0.543. The van der Waals surface area contributed by atoms with E-state index in [1.54, 1.807) is 19.2 Å². The minimum atomic E-state index is -0.641. The quantitative estimate of drug-likeness (QED) is 0.800. The fraction of sp³-hybridized carbons (Fsp3) is 0.417. The molecule has 1 aliphatic rings. The van der Waals surface area contributed by atoms with Crippen LogP contribution in [0, 0.1) is 0 Å². The summed E-state index contributed by atoms with van der Waals surface area (Å²) in [4.78, 5) is 11.0. The molecule has 0 radical (unpaired) electrons. The van der Waals surface area contributed by atoms with Crippen molar-refractivity contribution in [3.63, 3.8) is 0 Å². The van der Waals surface area contributed by atoms with Crippen molar-refractivity contribution in [2.75, 3.05) is 7.11 Å². The monoisotopic (exact) mass is 221 g/mol. The van der Waals surface area contributed by atoms with Crippen LogP contribution in [0.15, 0.2) is 24.3 Å². The van der Waals surface area contributed by atoms with Crippen molar-refractivity contribution in [2.45, 2.75) is 25.0 Å². The summed E-state index contributed by atoms with van der Waals surface area (Å²) in [6, 6.07) is 7.06. The Kier molecular flexibility index (Phi) is 3.10. The smallest absolute Gasteiger partial charge is 0.220 e. The van der Waals surface area contributed by atoms with Crippen LogP contribution in [0.4, 0.5) is 0 Å². The van der Waals surface area contributed by atoms with E-state index in [0.717, 1.165) is 11.3 Å². The van der Waals surface area contributed by atoms with Crippen LogP contribution in [0.2, 0.25) is 0 Å². The third-order valence-corrected chi connectivity index (χ3v) is 2.87. The summed E-state index contributed by atoms with van der Waals surface area (Å²) >= 11 is 0. The van der Waals surface area contributed by atoms with Crippen molar-refractivity contribution in [1.82, 2.24) is 5.32 Å². The van der Waals surface area contributed by atoms with Crippen molar-refractivity contribution in [1.29, 1.82) is 0 Å². The molecule has 86 valence electrons. The Bertz CT molecular complexity index is 374. The maximum atomic E-state index is 11.0. The lowest BCUT2D eigenvalue weighted by Gasteiger charge is -2.18. The van der Waals surface area contributed by atoms with Crippen molar-refractivity contribution >= 4 is 5.91 Å². The van der Waals surface area contributed by atoms with E-state index in [1.165, 1.54) is 0 Å². The van der Waals surface area contributed by atoms with Crippen LogP contribution in [0.5, 0.6) is 5.75 Å². The van der Waals surface area contributed by atoms with E-state index in [4.69, 9.17) is 4.74 Å². The fourth-order valence-electron chi connectivity index (χ4n) is 1.91. The number of amides is 1. The van der Waals surface area contributed by atoms with Crippen LogP contribution in [0.25, 0.3) is 0 Å². The van der Waals surface area contributed by atoms with Crippen molar-refractivity contribution in [2.24, 2.45) is 0 Å². The molecule has 1 heterocycles. The van der Waals surface area contributed by atoms with Crippen molar-refractivity contribution < 1.29 is 14.6 Å². The van der Waals surface area contributed by atoms with E-state index in [0.29, 0.717) is 12.8 Å². The predicted molar refractivity (Wildman–Crippen MR) is 59.1 cm³/mol. The van der Waals surface area contributed by atoms with Gasteiger partial charge in [-0.2, -0.15) is 0 Å². The average molecular weight is 221 g/mol. The first kappa shape index (κ1) is 11.0. The van der Waals surface area contributed by atoms with Gasteiger partial charge in [0.2, 0.25) is 5.91 Å². The van der Waals surface area contributed by atoms with E-state index >= 15 is 0 Å². The van der Waals surface area contributed by atoms with Crippen LogP contribution in [-0.2, 0) is 4.79 Å². The highest BCUT2D eigenvalue weighted by Crippen LogP contribution is 2.24. The van der Waals surface area contributed by atoms with Gasteiger partial charge in [-0.3, -0.25) is 4.79 Å². The molecule has 0 bridgehead atoms. The van der Waals surface area contributed by atoms with Crippen LogP contribution >= 0.6 is 0 Å². The minimum absolute atomic E-state index is 0.0116. The molecule has 2 atom stereocenters. The standard InChI is InChI=1S/C12H15NO3/c1-16-9-4-2-8(3-5-9)12(15)10-6-7-11(14)13-10/h2-5,10,12,15H,6-7H2,1H3,(H,13,14)/t10-,12+/m1/s1. The van der Waals surface area contributed by atoms with E-state index < -0.39 is 6.10 Å². The van der Waals surface area contributed by atoms with Gasteiger partial charge in [0, 0.05) is 6.42 Å². The Hall–Kier alpha value is -1.55. The minimum Gasteiger partial charge on any atom is -0.497 e. The summed E-state index contributed by atoms with van der Waals surface area (Å²) in [6.45, 7) is 0. The Morgan fingerprint density at radius 3 is 2.62 bits per heavy atom. The second-order valence-corrected chi connectivity index (χ2v) is 3.93. The van der Waals surface area contributed by atoms with Gasteiger partial charge in [0.25, 0.3) is 0 Å². The fourth-order valence-corrected chi connectivity index (χ4v) is 1.91. The highest BCUT2D eigenvalue weighted by Gasteiger charge is 2.28. The van der Waals surface area contributed by atoms with Gasteiger partial charge in [-0.15, -0.1) is 0 Å². The van der Waals surface area contributed by atoms with Gasteiger partial charge in [0.05, 0.1) is 19.3 Å². The number of carbonyl (C=O) groups excluding carboxylic acids is 1. The molecule has 0 aliphatic carbocycles. The number of ether oxygens (including phenoxy) is 1. The van der Waals surface area contributed by atoms with Crippen LogP contribution < -0.4 is 10.1 Å². The third kappa shape index (κ3) is 2.17. The Balaban J connectivity index is 2.08. The molecule has 1 amide bonds. The number of hydrogen-bond donors (Lipinski definition) is 2. The zero-order chi connectivity index (χ0) is 11.5. The molecule has 1 saturated heterocycles. The topological polar surface area (TPSA) is 58.6 Å². The number of aliphatic hydroxyl groups excluding tert-OH is 1. The molecule has 1 aromatic rings. The maximum Gasteiger partial charge on any atom is 0.220 e. The van der Waals surface area contributed by atoms with Crippen molar-refractivity contribution in [3.05, 3.63) is 29.8 Å². The summed E-state index contributed by atoms with van der Waals surface area (Å²) in [5.74, 6) is 0.768. The summed E-state index contributed by atoms with van der Waals surface area (Å²) in [7, 11) is 1.60. The van der Waals surface area contributed by atoms with Gasteiger partial charge in [-0.05, 0) is 24.1 Å². The molecule has 1 aromatic carbocycles. The molecule has 16 heavy (non-hydrogen) atoms. The second-order valence-electron chi connectivity index (χ2n) is 3.93. The molecular weight excluding hydrogens is 206 g/mol. The molecule has 2 N–H and O–H groups in total. The van der Waals surface area contributed by atoms with Gasteiger partial charge < -0.3 is 15.2 Å². The normalized spacial score (nSPS) is 21.6. The lowest BCUT2D eigenvalue weighted by Crippen LogP contribution is -2.31. The largest absolute Gasteiger partial charge is 0.497 e. The van der Waals surface area contributed by atoms with Gasteiger partial charge in [-0.1, -0.05) is 12.1 Å². The average Bonchev–Trinajstić information content (AvgIpc) is 2.75. The number of aliphatic hydroxyl groups is 1. The summed E-state index contributed by atoms with van der Waals surface area (Å²) in [5, 5.41) is 12.8. The Labute approximate surface area is 94.2 Å². The van der Waals surface area contributed by atoms with E-state index in [-0.39, 0.29) is 11.9 Å². The molecule has 1 fully saturated rings. The zero-order valence-electron chi connectivity index (χ0n) is 9.14. The van der Waals surface area contributed by atoms with Crippen LogP contribution in [0.1, 0.15) is 24.5 Å². The van der Waals surface area contributed by atoms with Gasteiger partial charge >= 0.3 is 0 Å². The van der Waals surface area contributed by atoms with Gasteiger partial charge in [0.1, 0.15) is 5.75 Å². The predicted octanol–water partition coefficient (Wildman–Crippen LogP) is 1.01. The number of nitrogens with one attached hydrogen (secondary N) is 1. The Morgan fingerprint density at radius 1 is 1.44 bits per heavy atom. The third-order valence-electron chi connectivity index (χ3n) is 2.87. The highest BCUT2D eigenvalue weighted by atomic mass is 16.5. The van der Waals surface area contributed by atoms with Gasteiger partial charge in [0.15, 0.2) is 0 Å². The number of rotatable bonds is 3. The molecule has 0 aromatic heterocycles. The lowest BCUT2D eigenvalue weighted by atomic mass is 10.0. The Morgan fingerprint density at radius 2 is 2.12 bits per heavy atom. The molecule has 2 rings (SSSR count). The van der Waals surface area contributed by atoms with Gasteiger partial charge in [-0.25, -0.2) is 0 Å². The first-order valence-electron chi connectivity index (χ1n) is 5.32. The number of hydrogen-bond acceptors (Lipinski definition) is 3. The van der Waals surface area contributed by atoms with Crippen molar-refractivity contribution in [3.8, 4) is 5.75 Å². The molecule has 0 spiro atoms. The highest BCUT2D eigenvalue weighted by molar-refractivity contribution is 5.78. The lowest BCUT2D eigenvalue weighted by molar-refractivity contribution is -0.119. The summed E-state index contributed by atoms with van der Waals surface area (Å²) < 4.78 is 5.04. The molecular formula is C12H15NO3. The van der Waals surface area contributed by atoms with Crippen LogP contribution in [-0.4, -0.2) is 24.2 Å². The SMILES string of the molecule is COc1ccc([C@H](O)[C@H]2CCC(=O)N2)cc1. The molecule has 1 aliphatic heterocycles. The molecule has 0 saturated carbocycles. The molecule has 4 nitrogen and oxygen atoms in total. The number of benzene rings is 1. The second kappa shape index (κ2) is 4.53. The summed E-state index contributed by atoms with van der Waals surface area (Å²) in [5.41, 5.74) is 0.799. The number of methoxy groups -OCH3 is 1. The number of carbonyl (C=O) groups is 1.